The lowest BCUT2D eigenvalue weighted by molar-refractivity contribution is -0.157. The van der Waals surface area contributed by atoms with Crippen LogP contribution in [0.5, 0.6) is 0 Å². The fraction of sp³-hybridized carbons (Fsp3) is 0.524. The van der Waals surface area contributed by atoms with E-state index >= 15 is 0 Å². The van der Waals surface area contributed by atoms with Gasteiger partial charge in [0.15, 0.2) is 0 Å². The van der Waals surface area contributed by atoms with Crippen molar-refractivity contribution in [1.29, 1.82) is 0 Å². The molecule has 11 nitrogen and oxygen atoms in total. The number of unbranched alkanes of at least 4 members (excludes halogenated alkanes) is 2. The molecule has 0 spiro atoms. The summed E-state index contributed by atoms with van der Waals surface area (Å²) in [5, 5.41) is 2.35. The van der Waals surface area contributed by atoms with Crippen molar-refractivity contribution >= 4 is 35.6 Å². The summed E-state index contributed by atoms with van der Waals surface area (Å²) in [6.45, 7) is 9.03. The van der Waals surface area contributed by atoms with E-state index in [2.05, 4.69) is 23.2 Å². The van der Waals surface area contributed by atoms with Gasteiger partial charge in [-0.2, -0.15) is 0 Å². The summed E-state index contributed by atoms with van der Waals surface area (Å²) in [6.07, 6.45) is 1.33. The smallest absolute Gasteiger partial charge is 0.396 e. The van der Waals surface area contributed by atoms with Crippen molar-refractivity contribution in [3.63, 3.8) is 0 Å². The Bertz CT molecular complexity index is 679. The third-order valence-electron chi connectivity index (χ3n) is 3.58. The lowest BCUT2D eigenvalue weighted by Gasteiger charge is -2.07. The predicted octanol–water partition coefficient (Wildman–Crippen LogP) is 0.557. The van der Waals surface area contributed by atoms with E-state index in [0.29, 0.717) is 19.3 Å². The molecule has 32 heavy (non-hydrogen) atoms. The molecule has 0 bridgehead atoms. The number of amides is 1. The molecule has 0 unspecified atom stereocenters. The van der Waals surface area contributed by atoms with Crippen LogP contribution in [0.3, 0.4) is 0 Å². The molecule has 0 atom stereocenters. The highest BCUT2D eigenvalue weighted by Gasteiger charge is 2.16. The predicted molar refractivity (Wildman–Crippen MR) is 110 cm³/mol. The van der Waals surface area contributed by atoms with Gasteiger partial charge in [-0.1, -0.05) is 19.6 Å². The third kappa shape index (κ3) is 13.7. The molecule has 0 radical (unpaired) electrons. The lowest BCUT2D eigenvalue weighted by atomic mass is 10.1. The maximum Gasteiger partial charge on any atom is 0.396 e. The average molecular weight is 455 g/mol. The van der Waals surface area contributed by atoms with Crippen LogP contribution in [0.1, 0.15) is 39.5 Å². The minimum Gasteiger partial charge on any atom is -0.459 e. The van der Waals surface area contributed by atoms with Crippen LogP contribution in [0.15, 0.2) is 24.3 Å². The van der Waals surface area contributed by atoms with E-state index in [4.69, 9.17) is 14.2 Å². The molecule has 0 aromatic rings. The molecule has 0 aliphatic carbocycles. The van der Waals surface area contributed by atoms with Gasteiger partial charge < -0.3 is 24.3 Å². The van der Waals surface area contributed by atoms with Crippen LogP contribution in [0.25, 0.3) is 0 Å². The van der Waals surface area contributed by atoms with Crippen molar-refractivity contribution in [2.24, 2.45) is 0 Å². The van der Waals surface area contributed by atoms with E-state index in [1.807, 2.05) is 0 Å². The van der Waals surface area contributed by atoms with Gasteiger partial charge in [-0.15, -0.1) is 0 Å². The molecule has 0 saturated carbocycles. The van der Waals surface area contributed by atoms with Crippen molar-refractivity contribution in [2.45, 2.75) is 39.5 Å². The quantitative estimate of drug-likeness (QED) is 0.122. The summed E-state index contributed by atoms with van der Waals surface area (Å²) in [5.41, 5.74) is 0.413. The van der Waals surface area contributed by atoms with Crippen LogP contribution in [0, 0.1) is 0 Å². The normalized spacial score (nSPS) is 9.81. The summed E-state index contributed by atoms with van der Waals surface area (Å²) >= 11 is 0. The average Bonchev–Trinajstić information content (AvgIpc) is 2.75. The molecule has 0 rings (SSSR count). The second-order valence-corrected chi connectivity index (χ2v) is 6.59. The molecule has 0 aliphatic rings. The van der Waals surface area contributed by atoms with Crippen molar-refractivity contribution < 1.29 is 47.7 Å². The first-order valence-corrected chi connectivity index (χ1v) is 9.86. The molecular weight excluding hydrogens is 426 g/mol. The number of hydrogen-bond acceptors (Lipinski definition) is 10. The van der Waals surface area contributed by atoms with Crippen LogP contribution >= 0.6 is 0 Å². The Morgan fingerprint density at radius 2 is 1.06 bits per heavy atom. The molecule has 0 heterocycles. The van der Waals surface area contributed by atoms with Gasteiger partial charge >= 0.3 is 29.8 Å². The van der Waals surface area contributed by atoms with Gasteiger partial charge in [0.25, 0.3) is 0 Å². The molecule has 1 amide bonds. The largest absolute Gasteiger partial charge is 0.459 e. The number of Topliss-reactive ketones (excluding diaryl/α,β-unsaturated/α-hetero) is 1. The number of ether oxygens (including phenoxy) is 4. The van der Waals surface area contributed by atoms with E-state index in [-0.39, 0.29) is 50.5 Å². The van der Waals surface area contributed by atoms with Crippen molar-refractivity contribution in [3.05, 3.63) is 24.3 Å². The first kappa shape index (κ1) is 28.5. The van der Waals surface area contributed by atoms with Crippen molar-refractivity contribution in [3.8, 4) is 0 Å². The fourth-order valence-electron chi connectivity index (χ4n) is 1.89. The molecule has 11 heteroatoms. The van der Waals surface area contributed by atoms with Gasteiger partial charge in [-0.05, 0) is 26.7 Å². The molecule has 178 valence electrons. The maximum atomic E-state index is 11.7. The van der Waals surface area contributed by atoms with Gasteiger partial charge in [0, 0.05) is 24.1 Å². The highest BCUT2D eigenvalue weighted by Crippen LogP contribution is 2.01. The Morgan fingerprint density at radius 1 is 0.625 bits per heavy atom. The maximum absolute atomic E-state index is 11.7. The van der Waals surface area contributed by atoms with Crippen LogP contribution in [-0.2, 0) is 47.7 Å². The van der Waals surface area contributed by atoms with Crippen molar-refractivity contribution in [1.82, 2.24) is 5.32 Å². The summed E-state index contributed by atoms with van der Waals surface area (Å²) in [6, 6.07) is 0. The Morgan fingerprint density at radius 3 is 1.53 bits per heavy atom. The zero-order chi connectivity index (χ0) is 24.5. The number of esters is 4. The Kier molecular flexibility index (Phi) is 14.5. The number of carbonyl (C=O) groups excluding carboxylic acids is 6. The van der Waals surface area contributed by atoms with Crippen LogP contribution in [-0.4, -0.2) is 68.5 Å². The molecule has 0 aromatic heterocycles. The fourth-order valence-corrected chi connectivity index (χ4v) is 1.89. The topological polar surface area (TPSA) is 151 Å². The van der Waals surface area contributed by atoms with E-state index in [1.165, 1.54) is 13.8 Å². The summed E-state index contributed by atoms with van der Waals surface area (Å²) < 4.78 is 18.8. The highest BCUT2D eigenvalue weighted by molar-refractivity contribution is 6.33. The highest BCUT2D eigenvalue weighted by atomic mass is 16.6. The molecule has 0 aromatic carbocycles. The van der Waals surface area contributed by atoms with Gasteiger partial charge in [-0.25, -0.2) is 19.2 Å². The number of rotatable bonds is 15. The van der Waals surface area contributed by atoms with E-state index in [1.54, 1.807) is 0 Å². The zero-order valence-electron chi connectivity index (χ0n) is 18.4. The van der Waals surface area contributed by atoms with Gasteiger partial charge in [0.2, 0.25) is 5.78 Å². The van der Waals surface area contributed by atoms with E-state index in [9.17, 15) is 28.8 Å². The van der Waals surface area contributed by atoms with Crippen LogP contribution in [0.4, 0.5) is 0 Å². The lowest BCUT2D eigenvalue weighted by Crippen LogP contribution is -2.33. The summed E-state index contributed by atoms with van der Waals surface area (Å²) in [4.78, 5) is 68.4. The molecule has 0 saturated heterocycles. The SMILES string of the molecule is C=C(C)C(=O)OCCOC(=O)C(=O)CCCCCNC(=O)C(=O)OCCOC(=O)C(=C)C. The second-order valence-electron chi connectivity index (χ2n) is 6.59. The monoisotopic (exact) mass is 455 g/mol. The Balaban J connectivity index is 3.77. The Labute approximate surface area is 186 Å². The van der Waals surface area contributed by atoms with E-state index < -0.39 is 35.6 Å². The Hall–Kier alpha value is -3.50. The van der Waals surface area contributed by atoms with Crippen LogP contribution in [0.2, 0.25) is 0 Å². The van der Waals surface area contributed by atoms with Gasteiger partial charge in [-0.3, -0.25) is 9.59 Å². The zero-order valence-corrected chi connectivity index (χ0v) is 18.4. The number of hydrogen-bond donors (Lipinski definition) is 1. The number of nitrogens with one attached hydrogen (secondary N) is 1. The minimum absolute atomic E-state index is 0.0384. The summed E-state index contributed by atoms with van der Waals surface area (Å²) in [5.74, 6) is -5.01. The van der Waals surface area contributed by atoms with E-state index in [0.717, 1.165) is 0 Å². The first-order valence-electron chi connectivity index (χ1n) is 9.86. The van der Waals surface area contributed by atoms with Gasteiger partial charge in [0.1, 0.15) is 26.4 Å². The second kappa shape index (κ2) is 16.2. The molecule has 1 N–H and O–H groups in total. The first-order chi connectivity index (χ1) is 15.1. The standard InChI is InChI=1S/C21H29NO10/c1-14(2)18(25)29-10-12-31-20(27)16(23)8-6-5-7-9-22-17(24)21(28)32-13-11-30-19(26)15(3)4/h1,3,5-13H2,2,4H3,(H,22,24). The molecule has 0 aliphatic heterocycles. The summed E-state index contributed by atoms with van der Waals surface area (Å²) in [7, 11) is 0. The number of carbonyl (C=O) groups is 6. The van der Waals surface area contributed by atoms with Gasteiger partial charge in [0.05, 0.1) is 0 Å². The number of ketones is 1. The van der Waals surface area contributed by atoms with Crippen molar-refractivity contribution in [2.75, 3.05) is 33.0 Å². The third-order valence-corrected chi connectivity index (χ3v) is 3.58. The van der Waals surface area contributed by atoms with Crippen LogP contribution < -0.4 is 5.32 Å². The minimum atomic E-state index is -1.11. The molecular formula is C21H29NO10. The molecule has 0 fully saturated rings.